The summed E-state index contributed by atoms with van der Waals surface area (Å²) in [5.74, 6) is -0.0114. The summed E-state index contributed by atoms with van der Waals surface area (Å²) in [5.41, 5.74) is -0.546. The number of ether oxygens (including phenoxy) is 1. The van der Waals surface area contributed by atoms with E-state index in [4.69, 9.17) is 4.74 Å². The Balaban J connectivity index is 1.69. The van der Waals surface area contributed by atoms with E-state index in [2.05, 4.69) is 10.3 Å². The second kappa shape index (κ2) is 10.2. The maximum absolute atomic E-state index is 13.3. The fourth-order valence-corrected chi connectivity index (χ4v) is 4.24. The molecular weight excluding hydrogens is 479 g/mol. The van der Waals surface area contributed by atoms with Gasteiger partial charge in [0.2, 0.25) is 5.91 Å². The number of alkyl halides is 3. The summed E-state index contributed by atoms with van der Waals surface area (Å²) < 4.78 is 46.6. The van der Waals surface area contributed by atoms with E-state index < -0.39 is 17.3 Å². The van der Waals surface area contributed by atoms with Crippen molar-refractivity contribution in [3.63, 3.8) is 0 Å². The van der Waals surface area contributed by atoms with Gasteiger partial charge < -0.3 is 10.1 Å². The number of nitrogens with zero attached hydrogens (tertiary/aromatic N) is 2. The molecule has 0 saturated carbocycles. The second-order valence-corrected chi connectivity index (χ2v) is 8.31. The lowest BCUT2D eigenvalue weighted by molar-refractivity contribution is -0.137. The minimum Gasteiger partial charge on any atom is -0.492 e. The molecule has 0 aliphatic rings. The van der Waals surface area contributed by atoms with E-state index in [-0.39, 0.29) is 27.9 Å². The third-order valence-electron chi connectivity index (χ3n) is 4.97. The van der Waals surface area contributed by atoms with Gasteiger partial charge in [0, 0.05) is 0 Å². The molecule has 1 amide bonds. The van der Waals surface area contributed by atoms with Gasteiger partial charge in [0.15, 0.2) is 5.16 Å². The van der Waals surface area contributed by atoms with Crippen LogP contribution in [0.1, 0.15) is 12.5 Å². The molecule has 3 aromatic carbocycles. The van der Waals surface area contributed by atoms with Gasteiger partial charge in [0.05, 0.1) is 40.2 Å². The number of thioether (sulfide) groups is 1. The lowest BCUT2D eigenvalue weighted by Gasteiger charge is -2.15. The topological polar surface area (TPSA) is 73.2 Å². The maximum Gasteiger partial charge on any atom is 0.416 e. The minimum absolute atomic E-state index is 0.00711. The van der Waals surface area contributed by atoms with Crippen molar-refractivity contribution in [1.29, 1.82) is 0 Å². The number of anilines is 1. The van der Waals surface area contributed by atoms with Gasteiger partial charge in [-0.05, 0) is 49.4 Å². The van der Waals surface area contributed by atoms with E-state index in [0.717, 1.165) is 28.5 Å². The highest BCUT2D eigenvalue weighted by Crippen LogP contribution is 2.31. The molecule has 180 valence electrons. The summed E-state index contributed by atoms with van der Waals surface area (Å²) in [6.07, 6.45) is -4.58. The number of hydrogen-bond donors (Lipinski definition) is 1. The monoisotopic (exact) mass is 499 g/mol. The summed E-state index contributed by atoms with van der Waals surface area (Å²) in [6.45, 7) is 2.25. The Hall–Kier alpha value is -3.79. The molecule has 0 aliphatic heterocycles. The number of hydrogen-bond acceptors (Lipinski definition) is 5. The number of carbonyl (C=O) groups excluding carboxylic acids is 1. The zero-order valence-electron chi connectivity index (χ0n) is 18.5. The number of carbonyl (C=O) groups is 1. The highest BCUT2D eigenvalue weighted by molar-refractivity contribution is 7.99. The Morgan fingerprint density at radius 1 is 1.06 bits per heavy atom. The van der Waals surface area contributed by atoms with Gasteiger partial charge in [-0.2, -0.15) is 13.2 Å². The van der Waals surface area contributed by atoms with Crippen LogP contribution < -0.4 is 15.6 Å². The van der Waals surface area contributed by atoms with Crippen molar-refractivity contribution in [3.05, 3.63) is 88.7 Å². The largest absolute Gasteiger partial charge is 0.492 e. The van der Waals surface area contributed by atoms with Crippen LogP contribution in [-0.2, 0) is 11.0 Å². The van der Waals surface area contributed by atoms with E-state index in [1.54, 1.807) is 48.5 Å². The molecule has 1 heterocycles. The van der Waals surface area contributed by atoms with Gasteiger partial charge in [-0.25, -0.2) is 4.98 Å². The van der Waals surface area contributed by atoms with Crippen LogP contribution in [0, 0.1) is 0 Å². The molecule has 0 radical (unpaired) electrons. The number of halogens is 3. The Kier molecular flexibility index (Phi) is 7.11. The van der Waals surface area contributed by atoms with Crippen molar-refractivity contribution in [3.8, 4) is 11.4 Å². The molecule has 4 rings (SSSR count). The molecule has 0 bridgehead atoms. The first-order chi connectivity index (χ1) is 16.8. The number of aromatic nitrogens is 2. The Morgan fingerprint density at radius 2 is 1.80 bits per heavy atom. The fraction of sp³-hybridized carbons (Fsp3) is 0.160. The van der Waals surface area contributed by atoms with E-state index in [1.165, 1.54) is 12.1 Å². The lowest BCUT2D eigenvalue weighted by Crippen LogP contribution is -2.23. The molecule has 0 saturated heterocycles. The predicted molar refractivity (Wildman–Crippen MR) is 129 cm³/mol. The van der Waals surface area contributed by atoms with Crippen molar-refractivity contribution >= 4 is 34.3 Å². The van der Waals surface area contributed by atoms with Crippen molar-refractivity contribution < 1.29 is 22.7 Å². The predicted octanol–water partition coefficient (Wildman–Crippen LogP) is 5.53. The average Bonchev–Trinajstić information content (AvgIpc) is 2.84. The molecular formula is C25H20F3N3O3S. The summed E-state index contributed by atoms with van der Waals surface area (Å²) in [7, 11) is 0. The second-order valence-electron chi connectivity index (χ2n) is 7.37. The molecule has 1 aromatic heterocycles. The number of rotatable bonds is 7. The standard InChI is InChI=1S/C25H20F3N3O3S/c1-2-34-21-13-6-5-12-20(21)29-22(32)15-35-24-30-19-11-4-3-10-18(19)23(33)31(24)17-9-7-8-16(14-17)25(26,27)28/h3-14H,2,15H2,1H3,(H,29,32). The minimum atomic E-state index is -4.58. The molecule has 6 nitrogen and oxygen atoms in total. The maximum atomic E-state index is 13.3. The van der Waals surface area contributed by atoms with Gasteiger partial charge in [0.1, 0.15) is 5.75 Å². The van der Waals surface area contributed by atoms with Crippen LogP contribution in [0.15, 0.2) is 82.7 Å². The van der Waals surface area contributed by atoms with Crippen molar-refractivity contribution in [2.24, 2.45) is 0 Å². The number of fused-ring (bicyclic) bond motifs is 1. The molecule has 4 aromatic rings. The number of para-hydroxylation sites is 3. The van der Waals surface area contributed by atoms with Crippen LogP contribution in [0.3, 0.4) is 0 Å². The van der Waals surface area contributed by atoms with Gasteiger partial charge in [-0.15, -0.1) is 0 Å². The van der Waals surface area contributed by atoms with E-state index in [0.29, 0.717) is 23.6 Å². The normalized spacial score (nSPS) is 11.4. The van der Waals surface area contributed by atoms with Gasteiger partial charge in [-0.1, -0.05) is 42.1 Å². The van der Waals surface area contributed by atoms with E-state index >= 15 is 0 Å². The number of benzene rings is 3. The average molecular weight is 500 g/mol. The van der Waals surface area contributed by atoms with Gasteiger partial charge >= 0.3 is 6.18 Å². The fourth-order valence-electron chi connectivity index (χ4n) is 3.43. The SMILES string of the molecule is CCOc1ccccc1NC(=O)CSc1nc2ccccc2c(=O)n1-c1cccc(C(F)(F)F)c1. The quantitative estimate of drug-likeness (QED) is 0.267. The van der Waals surface area contributed by atoms with Crippen molar-refractivity contribution in [1.82, 2.24) is 9.55 Å². The highest BCUT2D eigenvalue weighted by atomic mass is 32.2. The first-order valence-corrected chi connectivity index (χ1v) is 11.6. The third kappa shape index (κ3) is 5.48. The molecule has 1 N–H and O–H groups in total. The molecule has 0 spiro atoms. The zero-order valence-corrected chi connectivity index (χ0v) is 19.3. The molecule has 0 fully saturated rings. The Bertz CT molecular complexity index is 1440. The van der Waals surface area contributed by atoms with Crippen LogP contribution in [-0.4, -0.2) is 27.8 Å². The zero-order chi connectivity index (χ0) is 25.0. The summed E-state index contributed by atoms with van der Waals surface area (Å²) in [4.78, 5) is 30.4. The first-order valence-electron chi connectivity index (χ1n) is 10.6. The Labute approximate surface area is 202 Å². The summed E-state index contributed by atoms with van der Waals surface area (Å²) >= 11 is 0.949. The summed E-state index contributed by atoms with van der Waals surface area (Å²) in [5, 5.41) is 3.11. The third-order valence-corrected chi connectivity index (χ3v) is 5.91. The van der Waals surface area contributed by atoms with Crippen LogP contribution in [0.25, 0.3) is 16.6 Å². The van der Waals surface area contributed by atoms with Crippen LogP contribution in [0.2, 0.25) is 0 Å². The molecule has 10 heteroatoms. The first kappa shape index (κ1) is 24.3. The summed E-state index contributed by atoms with van der Waals surface area (Å²) in [6, 6.07) is 17.9. The number of nitrogens with one attached hydrogen (secondary N) is 1. The van der Waals surface area contributed by atoms with Gasteiger partial charge in [-0.3, -0.25) is 14.2 Å². The van der Waals surface area contributed by atoms with Gasteiger partial charge in [0.25, 0.3) is 5.56 Å². The van der Waals surface area contributed by atoms with Crippen molar-refractivity contribution in [2.75, 3.05) is 17.7 Å². The Morgan fingerprint density at radius 3 is 2.57 bits per heavy atom. The number of amides is 1. The van der Waals surface area contributed by atoms with E-state index in [1.807, 2.05) is 6.92 Å². The molecule has 0 unspecified atom stereocenters. The lowest BCUT2D eigenvalue weighted by atomic mass is 10.2. The molecule has 0 aliphatic carbocycles. The molecule has 0 atom stereocenters. The highest BCUT2D eigenvalue weighted by Gasteiger charge is 2.31. The molecule has 35 heavy (non-hydrogen) atoms. The van der Waals surface area contributed by atoms with Crippen LogP contribution in [0.5, 0.6) is 5.75 Å². The van der Waals surface area contributed by atoms with Crippen LogP contribution >= 0.6 is 11.8 Å². The van der Waals surface area contributed by atoms with Crippen molar-refractivity contribution in [2.45, 2.75) is 18.3 Å². The smallest absolute Gasteiger partial charge is 0.416 e. The van der Waals surface area contributed by atoms with Crippen LogP contribution in [0.4, 0.5) is 18.9 Å². The van der Waals surface area contributed by atoms with E-state index in [9.17, 15) is 22.8 Å².